The molecule has 1 unspecified atom stereocenters. The van der Waals surface area contributed by atoms with Gasteiger partial charge in [0.15, 0.2) is 15.5 Å². The first-order chi connectivity index (χ1) is 9.78. The molecule has 0 saturated carbocycles. The SMILES string of the molecule is CC(C)(C)Cn1c(C2CCCS2(=O)=O)nc2cccnc21. The van der Waals surface area contributed by atoms with E-state index < -0.39 is 15.1 Å². The molecule has 3 heterocycles. The normalized spacial score (nSPS) is 22.0. The minimum Gasteiger partial charge on any atom is -0.311 e. The van der Waals surface area contributed by atoms with Crippen LogP contribution in [-0.2, 0) is 16.4 Å². The zero-order valence-corrected chi connectivity index (χ0v) is 13.5. The summed E-state index contributed by atoms with van der Waals surface area (Å²) in [7, 11) is -3.08. The molecule has 114 valence electrons. The van der Waals surface area contributed by atoms with Crippen LogP contribution in [0.15, 0.2) is 18.3 Å². The molecule has 0 bridgehead atoms. The third-order valence-electron chi connectivity index (χ3n) is 3.78. The lowest BCUT2D eigenvalue weighted by Gasteiger charge is -2.22. The number of fused-ring (bicyclic) bond motifs is 1. The molecule has 0 radical (unpaired) electrons. The summed E-state index contributed by atoms with van der Waals surface area (Å²) in [6.07, 6.45) is 3.12. The Morgan fingerprint density at radius 2 is 2.14 bits per heavy atom. The highest BCUT2D eigenvalue weighted by Gasteiger charge is 2.37. The second-order valence-electron chi connectivity index (χ2n) is 6.96. The molecular formula is C15H21N3O2S. The number of imidazole rings is 1. The van der Waals surface area contributed by atoms with E-state index in [9.17, 15) is 8.42 Å². The van der Waals surface area contributed by atoms with Crippen molar-refractivity contribution in [3.05, 3.63) is 24.2 Å². The lowest BCUT2D eigenvalue weighted by Crippen LogP contribution is -2.21. The highest BCUT2D eigenvalue weighted by atomic mass is 32.2. The summed E-state index contributed by atoms with van der Waals surface area (Å²) in [6.45, 7) is 7.11. The van der Waals surface area contributed by atoms with Crippen molar-refractivity contribution >= 4 is 21.0 Å². The molecule has 0 aliphatic carbocycles. The number of nitrogens with zero attached hydrogens (tertiary/aromatic N) is 3. The molecule has 0 amide bonds. The zero-order valence-electron chi connectivity index (χ0n) is 12.7. The number of pyridine rings is 1. The third-order valence-corrected chi connectivity index (χ3v) is 5.95. The van der Waals surface area contributed by atoms with Crippen molar-refractivity contribution in [2.45, 2.75) is 45.4 Å². The highest BCUT2D eigenvalue weighted by Crippen LogP contribution is 2.36. The van der Waals surface area contributed by atoms with Crippen LogP contribution in [0.4, 0.5) is 0 Å². The van der Waals surface area contributed by atoms with Crippen LogP contribution in [0.2, 0.25) is 0 Å². The predicted octanol–water partition coefficient (Wildman–Crippen LogP) is 2.73. The smallest absolute Gasteiger partial charge is 0.160 e. The second-order valence-corrected chi connectivity index (χ2v) is 9.26. The fourth-order valence-corrected chi connectivity index (χ4v) is 4.81. The van der Waals surface area contributed by atoms with Crippen LogP contribution in [0.5, 0.6) is 0 Å². The predicted molar refractivity (Wildman–Crippen MR) is 82.7 cm³/mol. The summed E-state index contributed by atoms with van der Waals surface area (Å²) in [5.41, 5.74) is 1.59. The van der Waals surface area contributed by atoms with E-state index in [1.165, 1.54) is 0 Å². The Labute approximate surface area is 125 Å². The number of rotatable bonds is 2. The van der Waals surface area contributed by atoms with E-state index in [2.05, 4.69) is 30.7 Å². The maximum atomic E-state index is 12.3. The summed E-state index contributed by atoms with van der Waals surface area (Å²) >= 11 is 0. The topological polar surface area (TPSA) is 64.8 Å². The molecule has 2 aromatic rings. The van der Waals surface area contributed by atoms with Gasteiger partial charge in [0.25, 0.3) is 0 Å². The van der Waals surface area contributed by atoms with Crippen LogP contribution in [0.25, 0.3) is 11.2 Å². The molecule has 0 N–H and O–H groups in total. The van der Waals surface area contributed by atoms with E-state index in [4.69, 9.17) is 0 Å². The van der Waals surface area contributed by atoms with Gasteiger partial charge in [-0.2, -0.15) is 0 Å². The zero-order chi connectivity index (χ0) is 15.3. The first kappa shape index (κ1) is 14.5. The van der Waals surface area contributed by atoms with E-state index in [-0.39, 0.29) is 11.2 Å². The van der Waals surface area contributed by atoms with Crippen molar-refractivity contribution in [3.8, 4) is 0 Å². The van der Waals surface area contributed by atoms with E-state index in [0.717, 1.165) is 17.6 Å². The first-order valence-corrected chi connectivity index (χ1v) is 9.02. The molecule has 3 rings (SSSR count). The van der Waals surface area contributed by atoms with Crippen LogP contribution < -0.4 is 0 Å². The van der Waals surface area contributed by atoms with Gasteiger partial charge in [0.1, 0.15) is 16.6 Å². The van der Waals surface area contributed by atoms with Gasteiger partial charge in [0.05, 0.1) is 5.75 Å². The molecular weight excluding hydrogens is 286 g/mol. The number of sulfone groups is 1. The number of hydrogen-bond acceptors (Lipinski definition) is 4. The fourth-order valence-electron chi connectivity index (χ4n) is 2.93. The fraction of sp³-hybridized carbons (Fsp3) is 0.600. The molecule has 1 saturated heterocycles. The Hall–Kier alpha value is -1.43. The van der Waals surface area contributed by atoms with Crippen molar-refractivity contribution in [3.63, 3.8) is 0 Å². The van der Waals surface area contributed by atoms with Gasteiger partial charge in [0.2, 0.25) is 0 Å². The highest BCUT2D eigenvalue weighted by molar-refractivity contribution is 7.91. The molecule has 2 aromatic heterocycles. The molecule has 5 nitrogen and oxygen atoms in total. The summed E-state index contributed by atoms with van der Waals surface area (Å²) in [6, 6.07) is 3.73. The molecule has 1 aliphatic rings. The van der Waals surface area contributed by atoms with Crippen molar-refractivity contribution < 1.29 is 8.42 Å². The molecule has 0 spiro atoms. The van der Waals surface area contributed by atoms with Gasteiger partial charge in [-0.05, 0) is 30.4 Å². The summed E-state index contributed by atoms with van der Waals surface area (Å²) < 4.78 is 26.6. The van der Waals surface area contributed by atoms with Crippen molar-refractivity contribution in [2.24, 2.45) is 5.41 Å². The van der Waals surface area contributed by atoms with Gasteiger partial charge < -0.3 is 4.57 Å². The number of aromatic nitrogens is 3. The van der Waals surface area contributed by atoms with Gasteiger partial charge in [0, 0.05) is 12.7 Å². The Balaban J connectivity index is 2.19. The van der Waals surface area contributed by atoms with Gasteiger partial charge in [-0.15, -0.1) is 0 Å². The quantitative estimate of drug-likeness (QED) is 0.855. The van der Waals surface area contributed by atoms with Crippen molar-refractivity contribution in [2.75, 3.05) is 5.75 Å². The van der Waals surface area contributed by atoms with E-state index >= 15 is 0 Å². The monoisotopic (exact) mass is 307 g/mol. The van der Waals surface area contributed by atoms with Gasteiger partial charge in [-0.3, -0.25) is 0 Å². The van der Waals surface area contributed by atoms with Crippen LogP contribution >= 0.6 is 0 Å². The van der Waals surface area contributed by atoms with Gasteiger partial charge in [-0.25, -0.2) is 18.4 Å². The summed E-state index contributed by atoms with van der Waals surface area (Å²) in [5, 5.41) is -0.478. The van der Waals surface area contributed by atoms with Crippen molar-refractivity contribution in [1.82, 2.24) is 14.5 Å². The second kappa shape index (κ2) is 4.80. The Kier molecular flexibility index (Phi) is 3.31. The average molecular weight is 307 g/mol. The van der Waals surface area contributed by atoms with Crippen molar-refractivity contribution in [1.29, 1.82) is 0 Å². The first-order valence-electron chi connectivity index (χ1n) is 7.31. The standard InChI is InChI=1S/C15H21N3O2S/c1-15(2,3)10-18-13-11(6-4-8-16-13)17-14(18)12-7-5-9-21(12,19)20/h4,6,8,12H,5,7,9-10H2,1-3H3. The molecule has 1 aliphatic heterocycles. The lowest BCUT2D eigenvalue weighted by atomic mass is 9.97. The van der Waals surface area contributed by atoms with E-state index in [1.54, 1.807) is 6.20 Å². The number of hydrogen-bond donors (Lipinski definition) is 0. The maximum Gasteiger partial charge on any atom is 0.160 e. The molecule has 0 aromatic carbocycles. The molecule has 1 fully saturated rings. The van der Waals surface area contributed by atoms with Crippen LogP contribution in [0, 0.1) is 5.41 Å². The lowest BCUT2D eigenvalue weighted by molar-refractivity contribution is 0.341. The summed E-state index contributed by atoms with van der Waals surface area (Å²) in [4.78, 5) is 9.01. The Morgan fingerprint density at radius 1 is 1.38 bits per heavy atom. The minimum atomic E-state index is -3.08. The van der Waals surface area contributed by atoms with E-state index in [0.29, 0.717) is 18.8 Å². The van der Waals surface area contributed by atoms with Crippen LogP contribution in [-0.4, -0.2) is 28.7 Å². The molecule has 6 heteroatoms. The maximum absolute atomic E-state index is 12.3. The van der Waals surface area contributed by atoms with Gasteiger partial charge in [-0.1, -0.05) is 20.8 Å². The summed E-state index contributed by atoms with van der Waals surface area (Å²) in [5.74, 6) is 0.931. The average Bonchev–Trinajstić information content (AvgIpc) is 2.88. The molecule has 21 heavy (non-hydrogen) atoms. The third kappa shape index (κ3) is 2.69. The minimum absolute atomic E-state index is 0.0300. The van der Waals surface area contributed by atoms with E-state index in [1.807, 2.05) is 16.7 Å². The van der Waals surface area contributed by atoms with Gasteiger partial charge >= 0.3 is 0 Å². The Morgan fingerprint density at radius 3 is 2.76 bits per heavy atom. The Bertz CT molecular complexity index is 772. The van der Waals surface area contributed by atoms with Crippen LogP contribution in [0.1, 0.15) is 44.7 Å². The largest absolute Gasteiger partial charge is 0.311 e. The van der Waals surface area contributed by atoms with Crippen LogP contribution in [0.3, 0.4) is 0 Å². The molecule has 1 atom stereocenters.